The molecule has 0 amide bonds. The van der Waals surface area contributed by atoms with Gasteiger partial charge in [-0.2, -0.15) is 0 Å². The topological polar surface area (TPSA) is 32.3 Å². The van der Waals surface area contributed by atoms with Crippen LogP contribution < -0.4 is 5.32 Å². The lowest BCUT2D eigenvalue weighted by Gasteiger charge is -2.10. The summed E-state index contributed by atoms with van der Waals surface area (Å²) >= 11 is 0. The molecular weight excluding hydrogens is 162 g/mol. The van der Waals surface area contributed by atoms with Crippen molar-refractivity contribution < 1.29 is 5.11 Å². The van der Waals surface area contributed by atoms with Gasteiger partial charge in [-0.05, 0) is 37.5 Å². The predicted octanol–water partition coefficient (Wildman–Crippen LogP) is 2.03. The molecule has 1 aliphatic rings. The van der Waals surface area contributed by atoms with E-state index in [9.17, 15) is 0 Å². The van der Waals surface area contributed by atoms with Crippen LogP contribution in [0.25, 0.3) is 0 Å². The Morgan fingerprint density at radius 1 is 1.31 bits per heavy atom. The molecule has 2 heteroatoms. The highest BCUT2D eigenvalue weighted by atomic mass is 16.3. The molecule has 0 saturated heterocycles. The molecule has 2 rings (SSSR count). The average molecular weight is 177 g/mol. The number of hydrogen-bond acceptors (Lipinski definition) is 2. The fourth-order valence-electron chi connectivity index (χ4n) is 1.29. The van der Waals surface area contributed by atoms with E-state index in [4.69, 9.17) is 5.11 Å². The molecule has 0 heterocycles. The smallest absolute Gasteiger partial charge is 0.115 e. The molecular formula is C11H15NO. The van der Waals surface area contributed by atoms with Crippen molar-refractivity contribution in [3.05, 3.63) is 29.8 Å². The molecule has 0 bridgehead atoms. The van der Waals surface area contributed by atoms with E-state index in [1.165, 1.54) is 18.4 Å². The lowest BCUT2D eigenvalue weighted by molar-refractivity contribution is 0.474. The molecule has 0 radical (unpaired) electrons. The van der Waals surface area contributed by atoms with Crippen LogP contribution in [-0.4, -0.2) is 10.6 Å². The normalized spacial score (nSPS) is 18.5. The fraction of sp³-hybridized carbons (Fsp3) is 0.455. The van der Waals surface area contributed by atoms with Crippen molar-refractivity contribution in [3.63, 3.8) is 0 Å². The summed E-state index contributed by atoms with van der Waals surface area (Å²) in [5, 5.41) is 12.6. The van der Waals surface area contributed by atoms with E-state index in [1.807, 2.05) is 12.1 Å². The Hall–Kier alpha value is -1.02. The van der Waals surface area contributed by atoms with Gasteiger partial charge >= 0.3 is 0 Å². The first-order valence-corrected chi connectivity index (χ1v) is 4.71. The van der Waals surface area contributed by atoms with E-state index in [0.717, 1.165) is 6.54 Å². The zero-order valence-electron chi connectivity index (χ0n) is 7.88. The second-order valence-corrected chi connectivity index (χ2v) is 4.08. The minimum Gasteiger partial charge on any atom is -0.508 e. The summed E-state index contributed by atoms with van der Waals surface area (Å²) in [5.74, 6) is 0.335. The van der Waals surface area contributed by atoms with Gasteiger partial charge in [-0.3, -0.25) is 0 Å². The van der Waals surface area contributed by atoms with Gasteiger partial charge in [0, 0.05) is 12.1 Å². The van der Waals surface area contributed by atoms with Crippen molar-refractivity contribution in [2.24, 2.45) is 0 Å². The molecule has 0 spiro atoms. The van der Waals surface area contributed by atoms with E-state index in [2.05, 4.69) is 12.2 Å². The van der Waals surface area contributed by atoms with E-state index in [1.54, 1.807) is 12.1 Å². The van der Waals surface area contributed by atoms with E-state index in [-0.39, 0.29) is 0 Å². The molecule has 1 fully saturated rings. The van der Waals surface area contributed by atoms with E-state index in [0.29, 0.717) is 11.3 Å². The Balaban J connectivity index is 1.91. The van der Waals surface area contributed by atoms with Crippen molar-refractivity contribution in [2.45, 2.75) is 31.8 Å². The van der Waals surface area contributed by atoms with Crippen LogP contribution in [0.3, 0.4) is 0 Å². The van der Waals surface area contributed by atoms with Crippen molar-refractivity contribution in [1.29, 1.82) is 0 Å². The molecule has 13 heavy (non-hydrogen) atoms. The zero-order valence-corrected chi connectivity index (χ0v) is 7.88. The monoisotopic (exact) mass is 177 g/mol. The van der Waals surface area contributed by atoms with Gasteiger partial charge in [0.25, 0.3) is 0 Å². The number of benzene rings is 1. The number of phenols is 1. The fourth-order valence-corrected chi connectivity index (χ4v) is 1.29. The molecule has 1 aromatic carbocycles. The summed E-state index contributed by atoms with van der Waals surface area (Å²) in [7, 11) is 0. The van der Waals surface area contributed by atoms with Crippen LogP contribution in [0.1, 0.15) is 25.3 Å². The van der Waals surface area contributed by atoms with Gasteiger partial charge in [0.05, 0.1) is 0 Å². The van der Waals surface area contributed by atoms with E-state index >= 15 is 0 Å². The molecule has 1 aromatic rings. The third kappa shape index (κ3) is 2.22. The van der Waals surface area contributed by atoms with Gasteiger partial charge in [-0.25, -0.2) is 0 Å². The number of phenolic OH excluding ortho intramolecular Hbond substituents is 1. The summed E-state index contributed by atoms with van der Waals surface area (Å²) in [4.78, 5) is 0. The van der Waals surface area contributed by atoms with Crippen molar-refractivity contribution in [1.82, 2.24) is 5.32 Å². The van der Waals surface area contributed by atoms with Crippen LogP contribution in [0.15, 0.2) is 24.3 Å². The summed E-state index contributed by atoms with van der Waals surface area (Å²) < 4.78 is 0. The highest BCUT2D eigenvalue weighted by Crippen LogP contribution is 2.34. The molecule has 1 saturated carbocycles. The minimum absolute atomic E-state index is 0.335. The molecule has 1 aliphatic carbocycles. The Bertz CT molecular complexity index is 287. The van der Waals surface area contributed by atoms with E-state index < -0.39 is 0 Å². The Labute approximate surface area is 78.6 Å². The molecule has 2 nitrogen and oxygen atoms in total. The zero-order chi connectivity index (χ0) is 9.31. The average Bonchev–Trinajstić information content (AvgIpc) is 2.84. The highest BCUT2D eigenvalue weighted by molar-refractivity contribution is 5.26. The van der Waals surface area contributed by atoms with Crippen molar-refractivity contribution in [3.8, 4) is 5.75 Å². The van der Waals surface area contributed by atoms with Crippen molar-refractivity contribution in [2.75, 3.05) is 0 Å². The van der Waals surface area contributed by atoms with Gasteiger partial charge in [-0.15, -0.1) is 0 Å². The Kier molecular flexibility index (Phi) is 2.00. The Morgan fingerprint density at radius 3 is 2.46 bits per heavy atom. The predicted molar refractivity (Wildman–Crippen MR) is 52.6 cm³/mol. The Morgan fingerprint density at radius 2 is 1.92 bits per heavy atom. The van der Waals surface area contributed by atoms with Crippen LogP contribution >= 0.6 is 0 Å². The quantitative estimate of drug-likeness (QED) is 0.740. The van der Waals surface area contributed by atoms with Gasteiger partial charge in [0.1, 0.15) is 5.75 Å². The lowest BCUT2D eigenvalue weighted by atomic mass is 10.2. The first kappa shape index (κ1) is 8.57. The van der Waals surface area contributed by atoms with Gasteiger partial charge in [-0.1, -0.05) is 12.1 Å². The standard InChI is InChI=1S/C11H15NO/c1-11(6-7-11)12-8-9-2-4-10(13)5-3-9/h2-5,12-13H,6-8H2,1H3. The molecule has 0 aliphatic heterocycles. The number of nitrogens with one attached hydrogen (secondary N) is 1. The van der Waals surface area contributed by atoms with Crippen LogP contribution in [0.4, 0.5) is 0 Å². The second-order valence-electron chi connectivity index (χ2n) is 4.08. The van der Waals surface area contributed by atoms with Crippen LogP contribution in [-0.2, 0) is 6.54 Å². The minimum atomic E-state index is 0.335. The van der Waals surface area contributed by atoms with Gasteiger partial charge in [0.15, 0.2) is 0 Å². The molecule has 70 valence electrons. The summed E-state index contributed by atoms with van der Waals surface area (Å²) in [6, 6.07) is 7.36. The maximum absolute atomic E-state index is 9.08. The summed E-state index contributed by atoms with van der Waals surface area (Å²) in [6.45, 7) is 3.14. The number of hydrogen-bond donors (Lipinski definition) is 2. The first-order chi connectivity index (χ1) is 6.18. The summed E-state index contributed by atoms with van der Waals surface area (Å²) in [5.41, 5.74) is 1.61. The van der Waals surface area contributed by atoms with Crippen molar-refractivity contribution >= 4 is 0 Å². The molecule has 0 atom stereocenters. The lowest BCUT2D eigenvalue weighted by Crippen LogP contribution is -2.26. The third-order valence-corrected chi connectivity index (χ3v) is 2.66. The van der Waals surface area contributed by atoms with Gasteiger partial charge in [0.2, 0.25) is 0 Å². The number of aromatic hydroxyl groups is 1. The molecule has 2 N–H and O–H groups in total. The molecule has 0 unspecified atom stereocenters. The number of rotatable bonds is 3. The van der Waals surface area contributed by atoms with Crippen LogP contribution in [0, 0.1) is 0 Å². The highest BCUT2D eigenvalue weighted by Gasteiger charge is 2.36. The van der Waals surface area contributed by atoms with Crippen LogP contribution in [0.2, 0.25) is 0 Å². The van der Waals surface area contributed by atoms with Gasteiger partial charge < -0.3 is 10.4 Å². The largest absolute Gasteiger partial charge is 0.508 e. The second kappa shape index (κ2) is 3.04. The maximum Gasteiger partial charge on any atom is 0.115 e. The first-order valence-electron chi connectivity index (χ1n) is 4.71. The molecule has 0 aromatic heterocycles. The SMILES string of the molecule is CC1(NCc2ccc(O)cc2)CC1. The van der Waals surface area contributed by atoms with Crippen LogP contribution in [0.5, 0.6) is 5.75 Å². The summed E-state index contributed by atoms with van der Waals surface area (Å²) in [6.07, 6.45) is 2.57. The maximum atomic E-state index is 9.08. The third-order valence-electron chi connectivity index (χ3n) is 2.66.